The second-order valence-corrected chi connectivity index (χ2v) is 6.51. The zero-order chi connectivity index (χ0) is 12.2. The topological polar surface area (TPSA) is 38.0 Å². The normalized spacial score (nSPS) is 32.4. The molecule has 2 heteroatoms. The maximum absolute atomic E-state index is 5.99. The van der Waals surface area contributed by atoms with Crippen LogP contribution in [0.25, 0.3) is 0 Å². The minimum Gasteiger partial charge on any atom is -0.329 e. The number of likely N-dealkylation sites (N-methyl/N-ethyl adjacent to an activating group) is 1. The molecule has 2 nitrogen and oxygen atoms in total. The summed E-state index contributed by atoms with van der Waals surface area (Å²) in [5.74, 6) is 0.861. The lowest BCUT2D eigenvalue weighted by Crippen LogP contribution is -2.50. The van der Waals surface area contributed by atoms with Crippen LogP contribution in [0.3, 0.4) is 0 Å². The Morgan fingerprint density at radius 2 is 1.94 bits per heavy atom. The Kier molecular flexibility index (Phi) is 4.81. The van der Waals surface area contributed by atoms with Gasteiger partial charge in [-0.1, -0.05) is 34.1 Å². The van der Waals surface area contributed by atoms with Gasteiger partial charge in [-0.3, -0.25) is 0 Å². The van der Waals surface area contributed by atoms with Gasteiger partial charge in [0.05, 0.1) is 0 Å². The Hall–Kier alpha value is -0.0800. The van der Waals surface area contributed by atoms with E-state index in [0.29, 0.717) is 5.41 Å². The molecule has 0 heterocycles. The third-order valence-corrected chi connectivity index (χ3v) is 4.35. The minimum atomic E-state index is 0.231. The molecule has 2 unspecified atom stereocenters. The van der Waals surface area contributed by atoms with Gasteiger partial charge in [0.25, 0.3) is 0 Å². The quantitative estimate of drug-likeness (QED) is 0.726. The van der Waals surface area contributed by atoms with Gasteiger partial charge in [-0.15, -0.1) is 0 Å². The zero-order valence-corrected chi connectivity index (χ0v) is 11.6. The Morgan fingerprint density at radius 3 is 2.44 bits per heavy atom. The van der Waals surface area contributed by atoms with Crippen LogP contribution in [0, 0.1) is 11.3 Å². The molecule has 0 saturated heterocycles. The first-order valence-electron chi connectivity index (χ1n) is 6.88. The monoisotopic (exact) mass is 226 g/mol. The molecule has 1 rings (SSSR count). The van der Waals surface area contributed by atoms with Crippen molar-refractivity contribution in [3.8, 4) is 0 Å². The van der Waals surface area contributed by atoms with Gasteiger partial charge in [0.1, 0.15) is 0 Å². The van der Waals surface area contributed by atoms with E-state index in [1.54, 1.807) is 0 Å². The highest BCUT2D eigenvalue weighted by Crippen LogP contribution is 2.39. The summed E-state index contributed by atoms with van der Waals surface area (Å²) in [7, 11) is 0. The lowest BCUT2D eigenvalue weighted by atomic mass is 9.76. The van der Waals surface area contributed by atoms with E-state index in [1.165, 1.54) is 32.1 Å². The summed E-state index contributed by atoms with van der Waals surface area (Å²) in [5, 5.41) is 3.63. The number of nitrogens with two attached hydrogens (primary N) is 1. The number of nitrogens with one attached hydrogen (secondary N) is 1. The molecule has 0 aliphatic heterocycles. The van der Waals surface area contributed by atoms with E-state index < -0.39 is 0 Å². The Bertz CT molecular complexity index is 207. The second-order valence-electron chi connectivity index (χ2n) is 6.51. The Morgan fingerprint density at radius 1 is 1.25 bits per heavy atom. The van der Waals surface area contributed by atoms with Crippen molar-refractivity contribution in [2.75, 3.05) is 13.1 Å². The fraction of sp³-hybridized carbons (Fsp3) is 1.00. The fourth-order valence-corrected chi connectivity index (χ4v) is 3.10. The first kappa shape index (κ1) is 14.0. The summed E-state index contributed by atoms with van der Waals surface area (Å²) in [6.07, 6.45) is 6.53. The maximum Gasteiger partial charge on any atom is 0.0304 e. The van der Waals surface area contributed by atoms with Crippen molar-refractivity contribution < 1.29 is 0 Å². The average Bonchev–Trinajstić information content (AvgIpc) is 2.41. The number of hydrogen-bond acceptors (Lipinski definition) is 2. The molecular formula is C14H30N2. The molecule has 0 spiro atoms. The SMILES string of the molecule is CCNC1(CN)CCCC(C(C)(C)C)CC1. The van der Waals surface area contributed by atoms with E-state index in [4.69, 9.17) is 5.73 Å². The van der Waals surface area contributed by atoms with Gasteiger partial charge in [0.15, 0.2) is 0 Å². The molecule has 0 radical (unpaired) electrons. The molecule has 0 aromatic carbocycles. The third kappa shape index (κ3) is 3.46. The van der Waals surface area contributed by atoms with Crippen LogP contribution in [0.15, 0.2) is 0 Å². The molecule has 1 fully saturated rings. The maximum atomic E-state index is 5.99. The summed E-state index contributed by atoms with van der Waals surface area (Å²) >= 11 is 0. The molecule has 1 aliphatic rings. The van der Waals surface area contributed by atoms with Crippen molar-refractivity contribution in [2.24, 2.45) is 17.1 Å². The van der Waals surface area contributed by atoms with Crippen LogP contribution in [-0.4, -0.2) is 18.6 Å². The molecule has 2 atom stereocenters. The predicted molar refractivity (Wildman–Crippen MR) is 71.5 cm³/mol. The summed E-state index contributed by atoms with van der Waals surface area (Å²) in [4.78, 5) is 0. The van der Waals surface area contributed by atoms with E-state index in [0.717, 1.165) is 19.0 Å². The van der Waals surface area contributed by atoms with Gasteiger partial charge < -0.3 is 11.1 Å². The summed E-state index contributed by atoms with van der Waals surface area (Å²) in [5.41, 5.74) is 6.67. The van der Waals surface area contributed by atoms with E-state index in [9.17, 15) is 0 Å². The van der Waals surface area contributed by atoms with Gasteiger partial charge in [0.2, 0.25) is 0 Å². The van der Waals surface area contributed by atoms with Crippen molar-refractivity contribution in [1.29, 1.82) is 0 Å². The average molecular weight is 226 g/mol. The molecule has 16 heavy (non-hydrogen) atoms. The molecule has 0 bridgehead atoms. The Balaban J connectivity index is 2.63. The lowest BCUT2D eigenvalue weighted by molar-refractivity contribution is 0.207. The van der Waals surface area contributed by atoms with Crippen LogP contribution in [-0.2, 0) is 0 Å². The van der Waals surface area contributed by atoms with Crippen LogP contribution in [0.4, 0.5) is 0 Å². The standard InChI is InChI=1S/C14H30N2/c1-5-16-14(11-15)9-6-7-12(8-10-14)13(2,3)4/h12,16H,5-11,15H2,1-4H3. The van der Waals surface area contributed by atoms with Crippen molar-refractivity contribution in [3.05, 3.63) is 0 Å². The van der Waals surface area contributed by atoms with Crippen LogP contribution in [0.2, 0.25) is 0 Å². The van der Waals surface area contributed by atoms with Crippen molar-refractivity contribution >= 4 is 0 Å². The highest BCUT2D eigenvalue weighted by molar-refractivity contribution is 4.93. The molecule has 1 aliphatic carbocycles. The highest BCUT2D eigenvalue weighted by Gasteiger charge is 2.34. The van der Waals surface area contributed by atoms with E-state index >= 15 is 0 Å². The number of rotatable bonds is 3. The molecule has 96 valence electrons. The first-order valence-corrected chi connectivity index (χ1v) is 6.88. The zero-order valence-electron chi connectivity index (χ0n) is 11.6. The number of hydrogen-bond donors (Lipinski definition) is 2. The van der Waals surface area contributed by atoms with Crippen molar-refractivity contribution in [2.45, 2.75) is 65.3 Å². The molecule has 1 saturated carbocycles. The molecule has 0 aromatic heterocycles. The van der Waals surface area contributed by atoms with E-state index in [2.05, 4.69) is 33.0 Å². The van der Waals surface area contributed by atoms with Crippen LogP contribution >= 0.6 is 0 Å². The molecule has 3 N–H and O–H groups in total. The van der Waals surface area contributed by atoms with Crippen molar-refractivity contribution in [1.82, 2.24) is 5.32 Å². The summed E-state index contributed by atoms with van der Waals surface area (Å²) < 4.78 is 0. The smallest absolute Gasteiger partial charge is 0.0304 e. The molecular weight excluding hydrogens is 196 g/mol. The van der Waals surface area contributed by atoms with Crippen LogP contribution < -0.4 is 11.1 Å². The summed E-state index contributed by atoms with van der Waals surface area (Å²) in [6, 6.07) is 0. The van der Waals surface area contributed by atoms with Crippen LogP contribution in [0.5, 0.6) is 0 Å². The van der Waals surface area contributed by atoms with Gasteiger partial charge in [-0.05, 0) is 43.6 Å². The largest absolute Gasteiger partial charge is 0.329 e. The minimum absolute atomic E-state index is 0.231. The predicted octanol–water partition coefficient (Wildman–Crippen LogP) is 2.92. The third-order valence-electron chi connectivity index (χ3n) is 4.35. The molecule has 0 aromatic rings. The molecule has 0 amide bonds. The summed E-state index contributed by atoms with van der Waals surface area (Å²) in [6.45, 7) is 11.1. The van der Waals surface area contributed by atoms with E-state index in [1.807, 2.05) is 0 Å². The van der Waals surface area contributed by atoms with E-state index in [-0.39, 0.29) is 5.54 Å². The second kappa shape index (κ2) is 5.50. The highest BCUT2D eigenvalue weighted by atomic mass is 15.0. The van der Waals surface area contributed by atoms with Gasteiger partial charge in [0, 0.05) is 12.1 Å². The fourth-order valence-electron chi connectivity index (χ4n) is 3.10. The lowest BCUT2D eigenvalue weighted by Gasteiger charge is -2.34. The Labute approximate surface area is 101 Å². The van der Waals surface area contributed by atoms with Gasteiger partial charge >= 0.3 is 0 Å². The van der Waals surface area contributed by atoms with Crippen LogP contribution in [0.1, 0.15) is 59.8 Å². The van der Waals surface area contributed by atoms with Gasteiger partial charge in [-0.25, -0.2) is 0 Å². The first-order chi connectivity index (χ1) is 7.43. The van der Waals surface area contributed by atoms with Crippen molar-refractivity contribution in [3.63, 3.8) is 0 Å². The van der Waals surface area contributed by atoms with Gasteiger partial charge in [-0.2, -0.15) is 0 Å².